The number of nitrogens with zero attached hydrogens (tertiary/aromatic N) is 1. The van der Waals surface area contributed by atoms with Gasteiger partial charge < -0.3 is 5.11 Å². The van der Waals surface area contributed by atoms with Crippen LogP contribution in [-0.4, -0.2) is 11.1 Å². The third-order valence-electron chi connectivity index (χ3n) is 2.50. The van der Waals surface area contributed by atoms with Crippen molar-refractivity contribution in [2.75, 3.05) is 0 Å². The molecule has 0 aromatic heterocycles. The second kappa shape index (κ2) is 4.50. The molecule has 0 amide bonds. The zero-order valence-corrected chi connectivity index (χ0v) is 9.42. The fourth-order valence-corrected chi connectivity index (χ4v) is 1.63. The smallest absolute Gasteiger partial charge is 0.304 e. The SMILES string of the molecule is CC(C)(CC(=O)O)c1cc(C#N)c(F)cc1F. The maximum absolute atomic E-state index is 13.6. The second-order valence-corrected chi connectivity index (χ2v) is 4.38. The van der Waals surface area contributed by atoms with Gasteiger partial charge >= 0.3 is 5.97 Å². The first-order valence-electron chi connectivity index (χ1n) is 4.89. The van der Waals surface area contributed by atoms with Gasteiger partial charge in [0.25, 0.3) is 0 Å². The van der Waals surface area contributed by atoms with Crippen LogP contribution < -0.4 is 0 Å². The summed E-state index contributed by atoms with van der Waals surface area (Å²) in [5, 5.41) is 17.4. The number of halogens is 2. The number of carbonyl (C=O) groups is 1. The maximum Gasteiger partial charge on any atom is 0.304 e. The third-order valence-corrected chi connectivity index (χ3v) is 2.50. The molecule has 0 spiro atoms. The minimum absolute atomic E-state index is 0.0258. The highest BCUT2D eigenvalue weighted by Crippen LogP contribution is 2.30. The van der Waals surface area contributed by atoms with Crippen LogP contribution in [0.2, 0.25) is 0 Å². The van der Waals surface area contributed by atoms with Gasteiger partial charge in [0.15, 0.2) is 0 Å². The number of benzene rings is 1. The van der Waals surface area contributed by atoms with Crippen molar-refractivity contribution >= 4 is 5.97 Å². The molecule has 1 rings (SSSR count). The number of carboxylic acids is 1. The Labute approximate surface area is 97.3 Å². The summed E-state index contributed by atoms with van der Waals surface area (Å²) in [6.07, 6.45) is -0.305. The van der Waals surface area contributed by atoms with Crippen LogP contribution in [0.5, 0.6) is 0 Å². The van der Waals surface area contributed by atoms with Crippen molar-refractivity contribution < 1.29 is 18.7 Å². The number of nitriles is 1. The lowest BCUT2D eigenvalue weighted by Crippen LogP contribution is -2.23. The Bertz CT molecular complexity index is 504. The van der Waals surface area contributed by atoms with Crippen LogP contribution in [0.3, 0.4) is 0 Å². The van der Waals surface area contributed by atoms with Gasteiger partial charge in [0.2, 0.25) is 0 Å². The van der Waals surface area contributed by atoms with Crippen LogP contribution in [0.15, 0.2) is 12.1 Å². The van der Waals surface area contributed by atoms with E-state index in [0.29, 0.717) is 6.07 Å². The number of rotatable bonds is 3. The van der Waals surface area contributed by atoms with Gasteiger partial charge in [-0.25, -0.2) is 8.78 Å². The number of aliphatic carboxylic acids is 1. The second-order valence-electron chi connectivity index (χ2n) is 4.38. The highest BCUT2D eigenvalue weighted by atomic mass is 19.1. The number of hydrogen-bond donors (Lipinski definition) is 1. The predicted molar refractivity (Wildman–Crippen MR) is 56.4 cm³/mol. The van der Waals surface area contributed by atoms with Crippen LogP contribution in [0.1, 0.15) is 31.4 Å². The van der Waals surface area contributed by atoms with E-state index >= 15 is 0 Å². The van der Waals surface area contributed by atoms with Gasteiger partial charge in [0.1, 0.15) is 17.7 Å². The van der Waals surface area contributed by atoms with E-state index in [1.807, 2.05) is 0 Å². The summed E-state index contributed by atoms with van der Waals surface area (Å²) in [5.74, 6) is -2.87. The molecule has 0 aliphatic heterocycles. The van der Waals surface area contributed by atoms with Crippen LogP contribution in [-0.2, 0) is 10.2 Å². The van der Waals surface area contributed by atoms with Gasteiger partial charge in [0.05, 0.1) is 12.0 Å². The Morgan fingerprint density at radius 1 is 1.41 bits per heavy atom. The van der Waals surface area contributed by atoms with Gasteiger partial charge in [-0.15, -0.1) is 0 Å². The Morgan fingerprint density at radius 3 is 2.47 bits per heavy atom. The average molecular weight is 239 g/mol. The zero-order chi connectivity index (χ0) is 13.2. The standard InChI is InChI=1S/C12H11F2NO2/c1-12(2,5-11(16)17)8-3-7(6-15)9(13)4-10(8)14/h3-4H,5H2,1-2H3,(H,16,17). The van der Waals surface area contributed by atoms with Crippen molar-refractivity contribution in [3.63, 3.8) is 0 Å². The molecule has 3 nitrogen and oxygen atoms in total. The van der Waals surface area contributed by atoms with Crippen molar-refractivity contribution in [3.05, 3.63) is 34.9 Å². The van der Waals surface area contributed by atoms with E-state index in [0.717, 1.165) is 6.07 Å². The average Bonchev–Trinajstić information content (AvgIpc) is 2.15. The van der Waals surface area contributed by atoms with Crippen molar-refractivity contribution in [2.24, 2.45) is 0 Å². The molecular formula is C12H11F2NO2. The molecule has 0 bridgehead atoms. The van der Waals surface area contributed by atoms with E-state index in [1.165, 1.54) is 13.8 Å². The molecule has 90 valence electrons. The molecule has 17 heavy (non-hydrogen) atoms. The van der Waals surface area contributed by atoms with E-state index < -0.39 is 23.0 Å². The third kappa shape index (κ3) is 2.78. The molecule has 0 saturated heterocycles. The van der Waals surface area contributed by atoms with E-state index in [-0.39, 0.29) is 17.5 Å². The quantitative estimate of drug-likeness (QED) is 0.881. The summed E-state index contributed by atoms with van der Waals surface area (Å²) in [5.41, 5.74) is -1.27. The fraction of sp³-hybridized carbons (Fsp3) is 0.333. The molecule has 0 aliphatic rings. The lowest BCUT2D eigenvalue weighted by molar-refractivity contribution is -0.138. The van der Waals surface area contributed by atoms with E-state index in [9.17, 15) is 13.6 Å². The Hall–Kier alpha value is -1.96. The topological polar surface area (TPSA) is 61.1 Å². The van der Waals surface area contributed by atoms with Gasteiger partial charge in [0, 0.05) is 11.5 Å². The lowest BCUT2D eigenvalue weighted by atomic mass is 9.80. The van der Waals surface area contributed by atoms with Crippen molar-refractivity contribution in [1.82, 2.24) is 0 Å². The fourth-order valence-electron chi connectivity index (χ4n) is 1.63. The largest absolute Gasteiger partial charge is 0.481 e. The molecule has 0 unspecified atom stereocenters. The van der Waals surface area contributed by atoms with Crippen molar-refractivity contribution in [2.45, 2.75) is 25.7 Å². The Balaban J connectivity index is 3.31. The predicted octanol–water partition coefficient (Wildman–Crippen LogP) is 2.59. The molecule has 0 atom stereocenters. The molecule has 0 saturated carbocycles. The molecule has 0 aliphatic carbocycles. The van der Waals surface area contributed by atoms with Gasteiger partial charge in [-0.05, 0) is 11.6 Å². The first-order valence-corrected chi connectivity index (χ1v) is 4.89. The van der Waals surface area contributed by atoms with Crippen LogP contribution >= 0.6 is 0 Å². The molecular weight excluding hydrogens is 228 g/mol. The highest BCUT2D eigenvalue weighted by molar-refractivity contribution is 5.69. The summed E-state index contributed by atoms with van der Waals surface area (Å²) in [4.78, 5) is 10.7. The molecule has 1 N–H and O–H groups in total. The molecule has 1 aromatic rings. The van der Waals surface area contributed by atoms with Gasteiger partial charge in [-0.1, -0.05) is 13.8 Å². The zero-order valence-electron chi connectivity index (χ0n) is 9.42. The summed E-state index contributed by atoms with van der Waals surface area (Å²) in [7, 11) is 0. The van der Waals surface area contributed by atoms with Crippen LogP contribution in [0.25, 0.3) is 0 Å². The first kappa shape index (κ1) is 13.1. The van der Waals surface area contributed by atoms with Crippen molar-refractivity contribution in [3.8, 4) is 6.07 Å². The highest BCUT2D eigenvalue weighted by Gasteiger charge is 2.28. The van der Waals surface area contributed by atoms with Crippen LogP contribution in [0, 0.1) is 23.0 Å². The summed E-state index contributed by atoms with van der Waals surface area (Å²) < 4.78 is 26.7. The summed E-state index contributed by atoms with van der Waals surface area (Å²) in [6.45, 7) is 3.05. The molecule has 0 fully saturated rings. The number of carboxylic acid groups (broad SMARTS) is 1. The molecule has 5 heteroatoms. The van der Waals surface area contributed by atoms with Gasteiger partial charge in [-0.3, -0.25) is 4.79 Å². The molecule has 0 heterocycles. The minimum atomic E-state index is -1.09. The monoisotopic (exact) mass is 239 g/mol. The Morgan fingerprint density at radius 2 is 2.00 bits per heavy atom. The van der Waals surface area contributed by atoms with E-state index in [1.54, 1.807) is 6.07 Å². The molecule has 0 radical (unpaired) electrons. The Kier molecular flexibility index (Phi) is 3.47. The van der Waals surface area contributed by atoms with E-state index in [2.05, 4.69) is 0 Å². The van der Waals surface area contributed by atoms with E-state index in [4.69, 9.17) is 10.4 Å². The minimum Gasteiger partial charge on any atom is -0.481 e. The lowest BCUT2D eigenvalue weighted by Gasteiger charge is -2.23. The molecule has 1 aromatic carbocycles. The normalized spacial score (nSPS) is 11.0. The van der Waals surface area contributed by atoms with Gasteiger partial charge in [-0.2, -0.15) is 5.26 Å². The first-order chi connectivity index (χ1) is 7.77. The number of hydrogen-bond acceptors (Lipinski definition) is 2. The van der Waals surface area contributed by atoms with Crippen LogP contribution in [0.4, 0.5) is 8.78 Å². The summed E-state index contributed by atoms with van der Waals surface area (Å²) in [6, 6.07) is 3.27. The maximum atomic E-state index is 13.6. The summed E-state index contributed by atoms with van der Waals surface area (Å²) >= 11 is 0. The van der Waals surface area contributed by atoms with Crippen molar-refractivity contribution in [1.29, 1.82) is 5.26 Å².